The molecule has 7 aromatic carbocycles. The van der Waals surface area contributed by atoms with E-state index in [2.05, 4.69) is 91.1 Å². The van der Waals surface area contributed by atoms with E-state index in [0.717, 1.165) is 31.2 Å². The first kappa shape index (κ1) is 59.6. The van der Waals surface area contributed by atoms with Gasteiger partial charge in [-0.2, -0.15) is 21.0 Å². The summed E-state index contributed by atoms with van der Waals surface area (Å²) in [5.41, 5.74) is 6.29. The van der Waals surface area contributed by atoms with Crippen LogP contribution in [-0.4, -0.2) is 57.0 Å². The first-order valence-corrected chi connectivity index (χ1v) is 28.2. The Morgan fingerprint density at radius 1 is 0.319 bits per heavy atom. The van der Waals surface area contributed by atoms with E-state index in [4.69, 9.17) is 36.3 Å². The summed E-state index contributed by atoms with van der Waals surface area (Å²) in [7, 11) is -1.34. The predicted octanol–water partition coefficient (Wildman–Crippen LogP) is 15.0. The lowest BCUT2D eigenvalue weighted by Gasteiger charge is -2.33. The molecule has 2 aliphatic heterocycles. The van der Waals surface area contributed by atoms with Gasteiger partial charge in [0.2, 0.25) is 0 Å². The fourth-order valence-electron chi connectivity index (χ4n) is 9.50. The molecule has 0 saturated carbocycles. The van der Waals surface area contributed by atoms with E-state index in [1.165, 1.54) is 0 Å². The van der Waals surface area contributed by atoms with Gasteiger partial charge in [-0.3, -0.25) is 19.6 Å². The van der Waals surface area contributed by atoms with Gasteiger partial charge in [0.05, 0.1) is 22.7 Å². The predicted molar refractivity (Wildman–Crippen MR) is 348 cm³/mol. The van der Waals surface area contributed by atoms with Crippen LogP contribution in [0.25, 0.3) is 41.6 Å². The van der Waals surface area contributed by atoms with E-state index in [0.29, 0.717) is 28.2 Å². The maximum absolute atomic E-state index is 9.90. The van der Waals surface area contributed by atoms with Gasteiger partial charge < -0.3 is 29.4 Å². The van der Waals surface area contributed by atoms with Crippen LogP contribution in [0.1, 0.15) is 22.8 Å². The minimum absolute atomic E-state index is 0.159. The van der Waals surface area contributed by atoms with E-state index in [1.807, 2.05) is 164 Å². The molecule has 0 aliphatic carbocycles. The number of benzene rings is 7. The number of halogens is 2. The Hall–Kier alpha value is -13.1. The van der Waals surface area contributed by atoms with Crippen LogP contribution in [0.4, 0.5) is 92.6 Å². The van der Waals surface area contributed by atoms with E-state index in [1.54, 1.807) is 68.1 Å². The molecule has 0 unspecified atom stereocenters. The van der Waals surface area contributed by atoms with Gasteiger partial charge in [-0.15, -0.1) is 19.9 Å². The average molecular weight is 1310 g/mol. The second kappa shape index (κ2) is 26.3. The van der Waals surface area contributed by atoms with Gasteiger partial charge in [0.25, 0.3) is 23.3 Å². The van der Waals surface area contributed by atoms with Crippen LogP contribution < -0.4 is 25.1 Å². The number of nitrogens with zero attached hydrogens (tertiary/aromatic N) is 20. The monoisotopic (exact) mass is 1310 g/mol. The third kappa shape index (κ3) is 11.8. The molecule has 91 heavy (non-hydrogen) atoms. The highest BCUT2D eigenvalue weighted by molar-refractivity contribution is 9.10. The Labute approximate surface area is 536 Å². The minimum Gasteiger partial charge on any atom is -0.423 e. The Morgan fingerprint density at radius 2 is 0.538 bits per heavy atom. The number of aromatic nitrogens is 8. The van der Waals surface area contributed by atoms with Gasteiger partial charge in [-0.05, 0) is 101 Å². The highest BCUT2D eigenvalue weighted by atomic mass is 79.9. The molecule has 22 nitrogen and oxygen atoms in total. The van der Waals surface area contributed by atoms with Crippen LogP contribution in [-0.2, 0) is 0 Å². The summed E-state index contributed by atoms with van der Waals surface area (Å²) in [6, 6.07) is 65.9. The molecule has 2 N–H and O–H groups in total. The Bertz CT molecular complexity index is 4540. The van der Waals surface area contributed by atoms with Gasteiger partial charge >= 0.3 is 30.4 Å². The van der Waals surface area contributed by atoms with Crippen molar-refractivity contribution in [2.75, 3.05) is 19.6 Å². The molecule has 0 bridgehead atoms. The zero-order valence-corrected chi connectivity index (χ0v) is 49.7. The molecule has 25 heteroatoms. The molecular weight excluding hydrogens is 1280 g/mol. The second-order valence-corrected chi connectivity index (χ2v) is 20.8. The van der Waals surface area contributed by atoms with Gasteiger partial charge in [-0.1, -0.05) is 173 Å². The van der Waals surface area contributed by atoms with Gasteiger partial charge in [0, 0.05) is 8.95 Å². The zero-order valence-electron chi connectivity index (χ0n) is 46.6. The average Bonchev–Trinajstić information content (AvgIpc) is 0.759. The molecular formula is C66H33BBr2N20O2. The van der Waals surface area contributed by atoms with Crippen molar-refractivity contribution >= 4 is 137 Å². The summed E-state index contributed by atoms with van der Waals surface area (Å²) in [5, 5.41) is 56.3. The summed E-state index contributed by atoms with van der Waals surface area (Å²) in [5.74, 6) is 1.01. The quantitative estimate of drug-likeness (QED) is 0.111. The van der Waals surface area contributed by atoms with Crippen molar-refractivity contribution in [3.63, 3.8) is 0 Å². The topological polar surface area (TPSA) is 269 Å². The number of hydrogen-bond donors (Lipinski definition) is 2. The lowest BCUT2D eigenvalue weighted by atomic mass is 9.81. The van der Waals surface area contributed by atoms with E-state index < -0.39 is 7.12 Å². The Balaban J connectivity index is 0.000000168. The summed E-state index contributed by atoms with van der Waals surface area (Å²) in [4.78, 5) is 56.7. The first-order valence-electron chi connectivity index (χ1n) is 26.6. The van der Waals surface area contributed by atoms with Crippen LogP contribution in [0.3, 0.4) is 0 Å². The normalized spacial score (nSPS) is 11.1. The third-order valence-corrected chi connectivity index (χ3v) is 14.7. The highest BCUT2D eigenvalue weighted by Crippen LogP contribution is 2.55. The van der Waals surface area contributed by atoms with Crippen molar-refractivity contribution in [3.8, 4) is 46.5 Å². The van der Waals surface area contributed by atoms with Crippen molar-refractivity contribution in [2.45, 2.75) is 0 Å². The van der Waals surface area contributed by atoms with Crippen molar-refractivity contribution in [3.05, 3.63) is 265 Å². The van der Waals surface area contributed by atoms with Crippen molar-refractivity contribution in [1.29, 1.82) is 21.0 Å². The lowest BCUT2D eigenvalue weighted by molar-refractivity contribution is 0.426. The summed E-state index contributed by atoms with van der Waals surface area (Å²) < 4.78 is 1.67. The largest absolute Gasteiger partial charge is 0.488 e. The molecule has 6 heterocycles. The number of fused-ring (bicyclic) bond motifs is 4. The van der Waals surface area contributed by atoms with Crippen LogP contribution >= 0.6 is 31.9 Å². The molecule has 11 aromatic rings. The number of rotatable bonds is 7. The third-order valence-electron chi connectivity index (χ3n) is 13.6. The molecule has 0 fully saturated rings. The smallest absolute Gasteiger partial charge is 0.423 e. The fraction of sp³-hybridized carbons (Fsp3) is 0. The fourth-order valence-corrected chi connectivity index (χ4v) is 10.0. The van der Waals surface area contributed by atoms with Crippen LogP contribution in [0.2, 0.25) is 0 Å². The van der Waals surface area contributed by atoms with Crippen molar-refractivity contribution < 1.29 is 10.0 Å². The molecule has 0 atom stereocenters. The Kier molecular flexibility index (Phi) is 17.2. The van der Waals surface area contributed by atoms with Gasteiger partial charge in [0.1, 0.15) is 24.3 Å². The minimum atomic E-state index is -1.34. The van der Waals surface area contributed by atoms with E-state index in [9.17, 15) is 21.0 Å². The molecule has 426 valence electrons. The first-order chi connectivity index (χ1) is 44.4. The molecule has 13 rings (SSSR count). The van der Waals surface area contributed by atoms with Crippen molar-refractivity contribution in [2.24, 2.45) is 0 Å². The maximum atomic E-state index is 9.90. The number of nitriles is 4. The van der Waals surface area contributed by atoms with Gasteiger partial charge in [0.15, 0.2) is 46.0 Å². The summed E-state index contributed by atoms with van der Waals surface area (Å²) in [6.07, 6.45) is 0. The van der Waals surface area contributed by atoms with Crippen LogP contribution in [0.5, 0.6) is 0 Å². The van der Waals surface area contributed by atoms with Crippen LogP contribution in [0, 0.1) is 71.6 Å². The molecule has 0 saturated heterocycles. The van der Waals surface area contributed by atoms with Crippen LogP contribution in [0.15, 0.2) is 197 Å². The summed E-state index contributed by atoms with van der Waals surface area (Å²) in [6.45, 7) is 30.5. The molecule has 2 aliphatic rings. The molecule has 0 amide bonds. The SMILES string of the molecule is OB(O)c1ccccc1.[C-]#[N+]c1nc2c(nc1[N+]#[C-])N(c1ccc(-c3ccccc3)cc1)c1nc(C#N)c(C#N)nc1N2c1ccc(-c2ccccc2)cc1.[C-]#[N+]c1nc2c(nc1[N+]#[C-])N(c1ccc(Br)cc1)c1nc(C#N)c(C#N)nc1N2c1ccc(Br)cc1. The van der Waals surface area contributed by atoms with E-state index in [-0.39, 0.29) is 92.6 Å². The number of hydrogen-bond acceptors (Lipinski definition) is 18. The molecule has 0 radical (unpaired) electrons. The second-order valence-electron chi connectivity index (χ2n) is 19.0. The highest BCUT2D eigenvalue weighted by Gasteiger charge is 2.44. The van der Waals surface area contributed by atoms with Crippen molar-refractivity contribution in [1.82, 2.24) is 39.9 Å². The lowest BCUT2D eigenvalue weighted by Crippen LogP contribution is -2.29. The zero-order chi connectivity index (χ0) is 63.7. The number of anilines is 12. The Morgan fingerprint density at radius 3 is 0.758 bits per heavy atom. The summed E-state index contributed by atoms with van der Waals surface area (Å²) >= 11 is 6.85. The molecule has 4 aromatic heterocycles. The molecule has 0 spiro atoms. The standard InChI is InChI=1S/C36H18N10.C24H8Br2N10.C6H7BO2/c1-39-31-32(40-2)44-36-35(43-31)45(27-17-13-25(14-18-27)23-9-5-3-6-10-23)33-34(42-30(22-38)29(21-37)41-33)46(36)28-19-15-26(16-20-28)24-11-7-4-8-12-24;1-29-19-20(30-2)34-24-23(33-19)35(15-7-3-13(25)4-8-15)21-22(32-18(12-28)17(11-27)31-21)36(24)16-9-5-14(26)6-10-16;8-7(9)6-4-2-1-3-5-6/h3-20H;3-10H;1-5,8-9H. The van der Waals surface area contributed by atoms with E-state index >= 15 is 0 Å². The van der Waals surface area contributed by atoms with Gasteiger partial charge in [-0.25, -0.2) is 19.9 Å². The maximum Gasteiger partial charge on any atom is 0.488 e.